The van der Waals surface area contributed by atoms with Gasteiger partial charge in [-0.2, -0.15) is 0 Å². The summed E-state index contributed by atoms with van der Waals surface area (Å²) >= 11 is 0. The van der Waals surface area contributed by atoms with Crippen molar-refractivity contribution in [1.82, 2.24) is 9.97 Å². The van der Waals surface area contributed by atoms with Crippen molar-refractivity contribution in [3.05, 3.63) is 47.4 Å². The first kappa shape index (κ1) is 17.9. The number of hydrogen-bond acceptors (Lipinski definition) is 5. The quantitative estimate of drug-likeness (QED) is 0.794. The van der Waals surface area contributed by atoms with E-state index in [2.05, 4.69) is 20.8 Å². The Bertz CT molecular complexity index is 1020. The van der Waals surface area contributed by atoms with Crippen molar-refractivity contribution >= 4 is 27.7 Å². The summed E-state index contributed by atoms with van der Waals surface area (Å²) < 4.78 is 25.8. The second-order valence-corrected chi connectivity index (χ2v) is 8.99. The molecule has 0 saturated heterocycles. The third kappa shape index (κ3) is 3.93. The summed E-state index contributed by atoms with van der Waals surface area (Å²) in [4.78, 5) is 21.1. The van der Waals surface area contributed by atoms with E-state index in [1.54, 1.807) is 19.2 Å². The summed E-state index contributed by atoms with van der Waals surface area (Å²) in [5.41, 5.74) is 4.66. The zero-order chi connectivity index (χ0) is 19.0. The summed E-state index contributed by atoms with van der Waals surface area (Å²) in [7, 11) is -3.35. The fraction of sp³-hybridized carbons (Fsp3) is 0.350. The first-order valence-corrected chi connectivity index (χ1v) is 10.8. The van der Waals surface area contributed by atoms with E-state index in [0.717, 1.165) is 47.3 Å². The normalized spacial score (nSPS) is 15.6. The van der Waals surface area contributed by atoms with Crippen LogP contribution in [0.2, 0.25) is 0 Å². The van der Waals surface area contributed by atoms with E-state index in [9.17, 15) is 13.2 Å². The molecule has 0 spiro atoms. The van der Waals surface area contributed by atoms with Gasteiger partial charge in [0, 0.05) is 41.8 Å². The van der Waals surface area contributed by atoms with Crippen LogP contribution < -0.4 is 4.72 Å². The lowest BCUT2D eigenvalue weighted by molar-refractivity contribution is -0.119. The largest absolute Gasteiger partial charge is 0.299 e. The Balaban J connectivity index is 1.65. The molecule has 140 valence electrons. The lowest BCUT2D eigenvalue weighted by Gasteiger charge is -2.12. The molecule has 0 aliphatic heterocycles. The van der Waals surface area contributed by atoms with E-state index in [1.165, 1.54) is 0 Å². The highest BCUT2D eigenvalue weighted by molar-refractivity contribution is 7.92. The van der Waals surface area contributed by atoms with Crippen LogP contribution in [-0.4, -0.2) is 29.9 Å². The highest BCUT2D eigenvalue weighted by Crippen LogP contribution is 2.34. The number of anilines is 1. The van der Waals surface area contributed by atoms with Crippen molar-refractivity contribution in [2.45, 2.75) is 32.6 Å². The van der Waals surface area contributed by atoms with Crippen LogP contribution in [0.5, 0.6) is 0 Å². The average molecular weight is 383 g/mol. The molecule has 1 N–H and O–H groups in total. The number of hydrogen-bond donors (Lipinski definition) is 1. The van der Waals surface area contributed by atoms with Crippen LogP contribution in [0.25, 0.3) is 17.2 Å². The summed E-state index contributed by atoms with van der Waals surface area (Å²) in [6, 6.07) is 5.46. The molecule has 0 bridgehead atoms. The number of carbonyl (C=O) groups excluding carboxylic acids is 1. The van der Waals surface area contributed by atoms with Crippen molar-refractivity contribution < 1.29 is 13.2 Å². The molecule has 0 amide bonds. The molecule has 2 aliphatic rings. The van der Waals surface area contributed by atoms with Crippen LogP contribution in [0.3, 0.4) is 0 Å². The maximum absolute atomic E-state index is 12.2. The summed E-state index contributed by atoms with van der Waals surface area (Å²) in [5.74, 6) is 0.777. The second kappa shape index (κ2) is 6.88. The van der Waals surface area contributed by atoms with Gasteiger partial charge in [0.05, 0.1) is 11.4 Å². The van der Waals surface area contributed by atoms with Gasteiger partial charge in [0.2, 0.25) is 10.0 Å². The van der Waals surface area contributed by atoms with Gasteiger partial charge in [0.15, 0.2) is 0 Å². The Labute approximate surface area is 158 Å². The molecule has 0 atom stereocenters. The number of rotatable bonds is 7. The Morgan fingerprint density at radius 3 is 2.78 bits per heavy atom. The molecule has 0 unspecified atom stereocenters. The van der Waals surface area contributed by atoms with Gasteiger partial charge in [-0.1, -0.05) is 12.2 Å². The molecular formula is C20H21N3O3S. The van der Waals surface area contributed by atoms with Crippen molar-refractivity contribution in [1.29, 1.82) is 0 Å². The van der Waals surface area contributed by atoms with Crippen LogP contribution in [-0.2, 0) is 27.7 Å². The molecule has 4 rings (SSSR count). The highest BCUT2D eigenvalue weighted by atomic mass is 32.2. The predicted molar refractivity (Wildman–Crippen MR) is 105 cm³/mol. The summed E-state index contributed by atoms with van der Waals surface area (Å²) in [5, 5.41) is 0. The second-order valence-electron chi connectivity index (χ2n) is 6.98. The number of allylic oxidation sites excluding steroid dienone is 1. The molecule has 0 aromatic carbocycles. The molecule has 2 aromatic heterocycles. The molecule has 2 aromatic rings. The minimum atomic E-state index is -3.35. The zero-order valence-corrected chi connectivity index (χ0v) is 15.9. The Hall–Kier alpha value is -2.54. The van der Waals surface area contributed by atoms with Crippen molar-refractivity contribution in [2.24, 2.45) is 5.92 Å². The maximum Gasteiger partial charge on any atom is 0.233 e. The number of nitrogens with zero attached hydrogens (tertiary/aromatic N) is 2. The van der Waals surface area contributed by atoms with Crippen LogP contribution in [0.15, 0.2) is 30.5 Å². The Morgan fingerprint density at radius 2 is 2.11 bits per heavy atom. The average Bonchev–Trinajstić information content (AvgIpc) is 3.40. The molecule has 2 aliphatic carbocycles. The van der Waals surface area contributed by atoms with Gasteiger partial charge in [-0.15, -0.1) is 0 Å². The number of sulfonamides is 1. The van der Waals surface area contributed by atoms with Crippen LogP contribution in [0, 0.1) is 5.92 Å². The zero-order valence-electron chi connectivity index (χ0n) is 15.1. The van der Waals surface area contributed by atoms with Gasteiger partial charge in [0.1, 0.15) is 11.6 Å². The standard InChI is InChI=1S/C20H21N3O3S/c1-2-27(25,26)23-20-9-8-14(12-21-20)17-10-15(11-19(24)13-6-7-13)22-18-5-3-4-16(17)18/h3-4,8-10,12-13H,2,5-7,11H2,1H3,(H,21,23). The third-order valence-electron chi connectivity index (χ3n) is 4.89. The predicted octanol–water partition coefficient (Wildman–Crippen LogP) is 3.00. The fourth-order valence-corrected chi connectivity index (χ4v) is 3.78. The van der Waals surface area contributed by atoms with Crippen molar-refractivity contribution in [3.8, 4) is 11.1 Å². The van der Waals surface area contributed by atoms with Gasteiger partial charge in [-0.05, 0) is 43.5 Å². The number of Topliss-reactive ketones (excluding diaryl/α,β-unsaturated/α-hetero) is 1. The topological polar surface area (TPSA) is 89.0 Å². The molecule has 1 fully saturated rings. The van der Waals surface area contributed by atoms with Gasteiger partial charge >= 0.3 is 0 Å². The molecule has 7 heteroatoms. The number of nitrogens with one attached hydrogen (secondary N) is 1. The van der Waals surface area contributed by atoms with E-state index in [1.807, 2.05) is 18.2 Å². The Kier molecular flexibility index (Phi) is 4.55. The minimum absolute atomic E-state index is 0.00251. The molecular weight excluding hydrogens is 362 g/mol. The summed E-state index contributed by atoms with van der Waals surface area (Å²) in [6.45, 7) is 1.58. The number of pyridine rings is 2. The fourth-order valence-electron chi connectivity index (χ4n) is 3.20. The van der Waals surface area contributed by atoms with Crippen molar-refractivity contribution in [3.63, 3.8) is 0 Å². The van der Waals surface area contributed by atoms with E-state index >= 15 is 0 Å². The molecule has 0 radical (unpaired) electrons. The highest BCUT2D eigenvalue weighted by Gasteiger charge is 2.30. The maximum atomic E-state index is 12.2. The van der Waals surface area contributed by atoms with Crippen LogP contribution in [0.1, 0.15) is 36.7 Å². The SMILES string of the molecule is CCS(=O)(=O)Nc1ccc(-c2cc(CC(=O)C3CC3)nc3c2C=CC3)cn1. The Morgan fingerprint density at radius 1 is 1.30 bits per heavy atom. The number of carbonyl (C=O) groups is 1. The number of ketones is 1. The van der Waals surface area contributed by atoms with Gasteiger partial charge < -0.3 is 0 Å². The van der Waals surface area contributed by atoms with Crippen LogP contribution >= 0.6 is 0 Å². The van der Waals surface area contributed by atoms with E-state index in [0.29, 0.717) is 12.2 Å². The smallest absolute Gasteiger partial charge is 0.233 e. The van der Waals surface area contributed by atoms with Gasteiger partial charge in [-0.25, -0.2) is 13.4 Å². The number of aromatic nitrogens is 2. The lowest BCUT2D eigenvalue weighted by atomic mass is 9.99. The minimum Gasteiger partial charge on any atom is -0.299 e. The molecule has 27 heavy (non-hydrogen) atoms. The molecule has 1 saturated carbocycles. The van der Waals surface area contributed by atoms with Gasteiger partial charge in [-0.3, -0.25) is 14.5 Å². The summed E-state index contributed by atoms with van der Waals surface area (Å²) in [6.07, 6.45) is 8.88. The number of fused-ring (bicyclic) bond motifs is 1. The van der Waals surface area contributed by atoms with Gasteiger partial charge in [0.25, 0.3) is 0 Å². The molecule has 2 heterocycles. The first-order valence-electron chi connectivity index (χ1n) is 9.14. The first-order chi connectivity index (χ1) is 12.9. The van der Waals surface area contributed by atoms with Crippen molar-refractivity contribution in [2.75, 3.05) is 10.5 Å². The molecule has 6 nitrogen and oxygen atoms in total. The van der Waals surface area contributed by atoms with Crippen LogP contribution in [0.4, 0.5) is 5.82 Å². The van der Waals surface area contributed by atoms with E-state index < -0.39 is 10.0 Å². The monoisotopic (exact) mass is 383 g/mol. The van der Waals surface area contributed by atoms with E-state index in [4.69, 9.17) is 0 Å². The lowest BCUT2D eigenvalue weighted by Crippen LogP contribution is -2.15. The third-order valence-corrected chi connectivity index (χ3v) is 6.17. The van der Waals surface area contributed by atoms with E-state index in [-0.39, 0.29) is 17.5 Å².